The topological polar surface area (TPSA) is 103 Å². The van der Waals surface area contributed by atoms with Gasteiger partial charge in [-0.2, -0.15) is 0 Å². The quantitative estimate of drug-likeness (QED) is 0.414. The number of benzene rings is 2. The van der Waals surface area contributed by atoms with Gasteiger partial charge >= 0.3 is 6.09 Å². The number of anilines is 2. The molecule has 2 aromatic carbocycles. The Balaban J connectivity index is 1.62. The van der Waals surface area contributed by atoms with Gasteiger partial charge in [-0.25, -0.2) is 31.4 Å². The van der Waals surface area contributed by atoms with Gasteiger partial charge in [0, 0.05) is 34.7 Å². The molecule has 0 saturated carbocycles. The van der Waals surface area contributed by atoms with Crippen molar-refractivity contribution in [1.29, 1.82) is 0 Å². The Kier molecular flexibility index (Phi) is 7.22. The molecular formula is C21H18ClF3N4O4S2. The molecule has 1 aliphatic heterocycles. The second kappa shape index (κ2) is 10.0. The van der Waals surface area contributed by atoms with E-state index in [2.05, 4.69) is 10.3 Å². The summed E-state index contributed by atoms with van der Waals surface area (Å²) in [5.74, 6) is -4.01. The summed E-state index contributed by atoms with van der Waals surface area (Å²) >= 11 is 7.16. The summed E-state index contributed by atoms with van der Waals surface area (Å²) in [6.45, 7) is 1.87. The molecule has 1 aliphatic rings. The highest BCUT2D eigenvalue weighted by Gasteiger charge is 2.37. The highest BCUT2D eigenvalue weighted by molar-refractivity contribution is 7.93. The molecule has 0 atom stereocenters. The Labute approximate surface area is 207 Å². The standard InChI is InChI=1S/C21H18ClF3N4O4S2/c22-15-2-3-16(23)14(9-28-4-1-5-28)13(15)8-26-12-6-17(24)20(18(25)7-12)35(32,33)29(21(30)31)19-10-34-11-27-19/h2-3,6-7,10-11,26H,1,4-5,8-9H2,(H,30,31). The van der Waals surface area contributed by atoms with Crippen LogP contribution >= 0.6 is 22.9 Å². The van der Waals surface area contributed by atoms with Gasteiger partial charge in [-0.15, -0.1) is 15.6 Å². The molecule has 0 aliphatic carbocycles. The molecule has 0 bridgehead atoms. The minimum absolute atomic E-state index is 0.0924. The maximum Gasteiger partial charge on any atom is 0.427 e. The van der Waals surface area contributed by atoms with E-state index in [9.17, 15) is 31.5 Å². The van der Waals surface area contributed by atoms with Gasteiger partial charge in [0.25, 0.3) is 10.0 Å². The summed E-state index contributed by atoms with van der Waals surface area (Å²) in [6.07, 6.45) is -0.974. The zero-order valence-corrected chi connectivity index (χ0v) is 20.2. The van der Waals surface area contributed by atoms with Gasteiger partial charge in [-0.3, -0.25) is 4.90 Å². The molecule has 35 heavy (non-hydrogen) atoms. The van der Waals surface area contributed by atoms with Crippen molar-refractivity contribution < 1.29 is 31.5 Å². The van der Waals surface area contributed by atoms with Crippen LogP contribution in [0.5, 0.6) is 0 Å². The minimum atomic E-state index is -5.17. The monoisotopic (exact) mass is 546 g/mol. The van der Waals surface area contributed by atoms with Crippen LogP contribution in [-0.4, -0.2) is 42.6 Å². The first-order valence-electron chi connectivity index (χ1n) is 10.2. The fourth-order valence-corrected chi connectivity index (χ4v) is 5.76. The molecular weight excluding hydrogens is 529 g/mol. The molecule has 4 rings (SSSR count). The molecule has 3 aromatic rings. The lowest BCUT2D eigenvalue weighted by Crippen LogP contribution is -2.37. The number of hydrogen-bond acceptors (Lipinski definition) is 7. The second-order valence-corrected chi connectivity index (χ2v) is 10.5. The maximum absolute atomic E-state index is 14.9. The Hall–Kier alpha value is -2.87. The number of carboxylic acid groups (broad SMARTS) is 1. The molecule has 2 heterocycles. The van der Waals surface area contributed by atoms with Crippen LogP contribution in [0.25, 0.3) is 0 Å². The van der Waals surface area contributed by atoms with Crippen molar-refractivity contribution in [3.63, 3.8) is 0 Å². The molecule has 0 spiro atoms. The number of halogens is 4. The van der Waals surface area contributed by atoms with E-state index < -0.39 is 44.3 Å². The maximum atomic E-state index is 14.9. The predicted molar refractivity (Wildman–Crippen MR) is 125 cm³/mol. The highest BCUT2D eigenvalue weighted by Crippen LogP contribution is 2.31. The highest BCUT2D eigenvalue weighted by atomic mass is 35.5. The molecule has 0 radical (unpaired) electrons. The summed E-state index contributed by atoms with van der Waals surface area (Å²) in [6, 6.07) is 4.04. The average molecular weight is 547 g/mol. The van der Waals surface area contributed by atoms with Crippen molar-refractivity contribution in [2.45, 2.75) is 24.4 Å². The number of amides is 1. The molecule has 14 heteroatoms. The van der Waals surface area contributed by atoms with Crippen LogP contribution in [0.3, 0.4) is 0 Å². The Morgan fingerprint density at radius 1 is 1.17 bits per heavy atom. The first-order valence-corrected chi connectivity index (χ1v) is 12.9. The van der Waals surface area contributed by atoms with Gasteiger partial charge in [0.1, 0.15) is 17.5 Å². The first kappa shape index (κ1) is 25.2. The Morgan fingerprint density at radius 3 is 2.40 bits per heavy atom. The number of hydrogen-bond donors (Lipinski definition) is 2. The zero-order valence-electron chi connectivity index (χ0n) is 17.8. The van der Waals surface area contributed by atoms with Gasteiger partial charge < -0.3 is 10.4 Å². The molecule has 1 fully saturated rings. The fourth-order valence-electron chi connectivity index (χ4n) is 3.58. The van der Waals surface area contributed by atoms with Crippen LogP contribution in [0.4, 0.5) is 29.5 Å². The van der Waals surface area contributed by atoms with Gasteiger partial charge in [-0.1, -0.05) is 11.6 Å². The van der Waals surface area contributed by atoms with Crippen LogP contribution in [0.1, 0.15) is 17.5 Å². The first-order chi connectivity index (χ1) is 16.6. The summed E-state index contributed by atoms with van der Waals surface area (Å²) < 4.78 is 69.6. The second-order valence-electron chi connectivity index (χ2n) is 7.64. The van der Waals surface area contributed by atoms with Crippen molar-refractivity contribution in [3.05, 3.63) is 68.8 Å². The van der Waals surface area contributed by atoms with Crippen molar-refractivity contribution in [2.75, 3.05) is 22.7 Å². The lowest BCUT2D eigenvalue weighted by atomic mass is 10.0. The SMILES string of the molecule is O=C(O)N(c1cscn1)S(=O)(=O)c1c(F)cc(NCc2c(Cl)ccc(F)c2CN2CCC2)cc1F. The molecule has 1 aromatic heterocycles. The minimum Gasteiger partial charge on any atom is -0.464 e. The summed E-state index contributed by atoms with van der Waals surface area (Å²) in [7, 11) is -5.17. The third-order valence-corrected chi connectivity index (χ3v) is 8.07. The molecule has 0 unspecified atom stereocenters. The summed E-state index contributed by atoms with van der Waals surface area (Å²) in [5.41, 5.74) is 1.78. The van der Waals surface area contributed by atoms with Gasteiger partial charge in [-0.05, 0) is 49.3 Å². The third-order valence-electron chi connectivity index (χ3n) is 5.41. The Bertz CT molecular complexity index is 1350. The van der Waals surface area contributed by atoms with E-state index in [1.165, 1.54) is 17.6 Å². The number of sulfonamides is 1. The van der Waals surface area contributed by atoms with E-state index in [0.29, 0.717) is 29.8 Å². The summed E-state index contributed by atoms with van der Waals surface area (Å²) in [5, 5.41) is 13.5. The van der Waals surface area contributed by atoms with E-state index in [1.807, 2.05) is 4.90 Å². The number of rotatable bonds is 8. The molecule has 1 amide bonds. The van der Waals surface area contributed by atoms with Crippen molar-refractivity contribution >= 4 is 50.6 Å². The van der Waals surface area contributed by atoms with E-state index in [4.69, 9.17) is 11.6 Å². The van der Waals surface area contributed by atoms with Crippen molar-refractivity contribution in [3.8, 4) is 0 Å². The van der Waals surface area contributed by atoms with Crippen LogP contribution < -0.4 is 9.62 Å². The zero-order chi connectivity index (χ0) is 25.3. The molecule has 2 N–H and O–H groups in total. The third kappa shape index (κ3) is 5.08. The number of thiazole rings is 1. The number of likely N-dealkylation sites (tertiary alicyclic amines) is 1. The van der Waals surface area contributed by atoms with Crippen LogP contribution in [0.15, 0.2) is 40.1 Å². The average Bonchev–Trinajstić information content (AvgIpc) is 3.24. The number of carbonyl (C=O) groups is 1. The van der Waals surface area contributed by atoms with E-state index >= 15 is 0 Å². The van der Waals surface area contributed by atoms with Gasteiger partial charge in [0.05, 0.1) is 5.51 Å². The molecule has 8 nitrogen and oxygen atoms in total. The van der Waals surface area contributed by atoms with Crippen LogP contribution in [-0.2, 0) is 23.1 Å². The molecule has 1 saturated heterocycles. The molecule has 186 valence electrons. The van der Waals surface area contributed by atoms with E-state index in [1.54, 1.807) is 0 Å². The summed E-state index contributed by atoms with van der Waals surface area (Å²) in [4.78, 5) is 15.8. The van der Waals surface area contributed by atoms with Crippen LogP contribution in [0.2, 0.25) is 5.02 Å². The van der Waals surface area contributed by atoms with E-state index in [0.717, 1.165) is 36.2 Å². The van der Waals surface area contributed by atoms with Gasteiger partial charge in [0.2, 0.25) is 0 Å². The lowest BCUT2D eigenvalue weighted by Gasteiger charge is -2.31. The fraction of sp³-hybridized carbons (Fsp3) is 0.238. The normalized spacial score (nSPS) is 13.9. The Morgan fingerprint density at radius 2 is 1.86 bits per heavy atom. The lowest BCUT2D eigenvalue weighted by molar-refractivity contribution is 0.170. The largest absolute Gasteiger partial charge is 0.464 e. The van der Waals surface area contributed by atoms with Crippen LogP contribution in [0, 0.1) is 17.5 Å². The van der Waals surface area contributed by atoms with E-state index in [-0.39, 0.29) is 21.6 Å². The number of nitrogens with zero attached hydrogens (tertiary/aromatic N) is 3. The van der Waals surface area contributed by atoms with Gasteiger partial charge in [0.15, 0.2) is 10.7 Å². The van der Waals surface area contributed by atoms with Crippen molar-refractivity contribution in [2.24, 2.45) is 0 Å². The number of nitrogens with one attached hydrogen (secondary N) is 1. The van der Waals surface area contributed by atoms with Crippen molar-refractivity contribution in [1.82, 2.24) is 9.88 Å². The number of aromatic nitrogens is 1. The predicted octanol–water partition coefficient (Wildman–Crippen LogP) is 4.90. The smallest absolute Gasteiger partial charge is 0.427 e.